The van der Waals surface area contributed by atoms with Crippen LogP contribution < -0.4 is 5.73 Å². The second-order valence-corrected chi connectivity index (χ2v) is 7.09. The zero-order valence-electron chi connectivity index (χ0n) is 14.1. The highest BCUT2D eigenvalue weighted by molar-refractivity contribution is 5.14. The Balaban J connectivity index is 2.06. The van der Waals surface area contributed by atoms with Gasteiger partial charge in [-0.2, -0.15) is 0 Å². The molecule has 118 valence electrons. The first kappa shape index (κ1) is 16.4. The molecule has 0 aliphatic heterocycles. The molecule has 0 saturated heterocycles. The lowest BCUT2D eigenvalue weighted by molar-refractivity contribution is 0.254. The van der Waals surface area contributed by atoms with Crippen LogP contribution >= 0.6 is 0 Å². The molecular formula is C18H31N3. The fraction of sp³-hybridized carbons (Fsp3) is 0.778. The first-order chi connectivity index (χ1) is 9.99. The van der Waals surface area contributed by atoms with E-state index in [9.17, 15) is 0 Å². The SMILES string of the molecule is CCC(N)Cc1cc(C)nc(C2CCC(C(C)C)CC2)n1. The van der Waals surface area contributed by atoms with E-state index in [2.05, 4.69) is 33.8 Å². The number of aromatic nitrogens is 2. The van der Waals surface area contributed by atoms with Crippen LogP contribution in [-0.4, -0.2) is 16.0 Å². The first-order valence-electron chi connectivity index (χ1n) is 8.59. The van der Waals surface area contributed by atoms with Crippen molar-refractivity contribution in [2.75, 3.05) is 0 Å². The van der Waals surface area contributed by atoms with Crippen molar-refractivity contribution in [1.29, 1.82) is 0 Å². The molecule has 3 heteroatoms. The summed E-state index contributed by atoms with van der Waals surface area (Å²) in [5.74, 6) is 3.31. The van der Waals surface area contributed by atoms with Crippen molar-refractivity contribution in [2.45, 2.75) is 78.2 Å². The molecule has 1 saturated carbocycles. The monoisotopic (exact) mass is 289 g/mol. The standard InChI is InChI=1S/C18H31N3/c1-5-16(19)11-17-10-13(4)20-18(21-17)15-8-6-14(7-9-15)12(2)3/h10,12,14-16H,5-9,11,19H2,1-4H3. The quantitative estimate of drug-likeness (QED) is 0.891. The maximum atomic E-state index is 6.07. The summed E-state index contributed by atoms with van der Waals surface area (Å²) < 4.78 is 0. The molecule has 1 heterocycles. The minimum Gasteiger partial charge on any atom is -0.327 e. The summed E-state index contributed by atoms with van der Waals surface area (Å²) in [4.78, 5) is 9.53. The predicted molar refractivity (Wildman–Crippen MR) is 88.3 cm³/mol. The van der Waals surface area contributed by atoms with Gasteiger partial charge in [-0.25, -0.2) is 9.97 Å². The molecule has 1 unspecified atom stereocenters. The Hall–Kier alpha value is -0.960. The van der Waals surface area contributed by atoms with Crippen LogP contribution in [0.25, 0.3) is 0 Å². The smallest absolute Gasteiger partial charge is 0.131 e. The van der Waals surface area contributed by atoms with E-state index in [0.717, 1.165) is 41.9 Å². The molecule has 3 nitrogen and oxygen atoms in total. The van der Waals surface area contributed by atoms with E-state index in [1.54, 1.807) is 0 Å². The van der Waals surface area contributed by atoms with Crippen molar-refractivity contribution in [1.82, 2.24) is 9.97 Å². The zero-order valence-corrected chi connectivity index (χ0v) is 14.1. The topological polar surface area (TPSA) is 51.8 Å². The molecule has 0 spiro atoms. The van der Waals surface area contributed by atoms with Crippen LogP contribution in [0, 0.1) is 18.8 Å². The Bertz CT molecular complexity index is 448. The number of rotatable bonds is 5. The van der Waals surface area contributed by atoms with Crippen LogP contribution in [0.2, 0.25) is 0 Å². The number of nitrogens with zero attached hydrogens (tertiary/aromatic N) is 2. The van der Waals surface area contributed by atoms with E-state index in [-0.39, 0.29) is 6.04 Å². The van der Waals surface area contributed by atoms with Gasteiger partial charge in [0, 0.05) is 29.8 Å². The summed E-state index contributed by atoms with van der Waals surface area (Å²) in [6, 6.07) is 2.31. The second kappa shape index (κ2) is 7.35. The number of hydrogen-bond donors (Lipinski definition) is 1. The van der Waals surface area contributed by atoms with Gasteiger partial charge in [-0.15, -0.1) is 0 Å². The van der Waals surface area contributed by atoms with Gasteiger partial charge >= 0.3 is 0 Å². The van der Waals surface area contributed by atoms with Gasteiger partial charge in [0.05, 0.1) is 0 Å². The minimum absolute atomic E-state index is 0.212. The maximum Gasteiger partial charge on any atom is 0.131 e. The van der Waals surface area contributed by atoms with Crippen molar-refractivity contribution in [3.63, 3.8) is 0 Å². The van der Waals surface area contributed by atoms with E-state index in [1.165, 1.54) is 25.7 Å². The van der Waals surface area contributed by atoms with Gasteiger partial charge in [0.2, 0.25) is 0 Å². The van der Waals surface area contributed by atoms with Crippen molar-refractivity contribution in [3.8, 4) is 0 Å². The van der Waals surface area contributed by atoms with Gasteiger partial charge in [-0.05, 0) is 56.9 Å². The van der Waals surface area contributed by atoms with E-state index < -0.39 is 0 Å². The Kier molecular flexibility index (Phi) is 5.74. The molecule has 0 radical (unpaired) electrons. The lowest BCUT2D eigenvalue weighted by Gasteiger charge is -2.30. The van der Waals surface area contributed by atoms with Gasteiger partial charge in [-0.1, -0.05) is 20.8 Å². The fourth-order valence-corrected chi connectivity index (χ4v) is 3.40. The van der Waals surface area contributed by atoms with E-state index in [1.807, 2.05) is 0 Å². The lowest BCUT2D eigenvalue weighted by atomic mass is 9.76. The van der Waals surface area contributed by atoms with Crippen molar-refractivity contribution < 1.29 is 0 Å². The molecule has 1 aromatic rings. The van der Waals surface area contributed by atoms with Gasteiger partial charge in [-0.3, -0.25) is 0 Å². The van der Waals surface area contributed by atoms with Crippen LogP contribution in [0.15, 0.2) is 6.07 Å². The van der Waals surface area contributed by atoms with Crippen LogP contribution in [0.1, 0.15) is 76.0 Å². The lowest BCUT2D eigenvalue weighted by Crippen LogP contribution is -2.23. The summed E-state index contributed by atoms with van der Waals surface area (Å²) in [6.07, 6.45) is 7.00. The third-order valence-electron chi connectivity index (χ3n) is 5.00. The first-order valence-corrected chi connectivity index (χ1v) is 8.59. The number of nitrogens with two attached hydrogens (primary N) is 1. The average molecular weight is 289 g/mol. The van der Waals surface area contributed by atoms with E-state index in [0.29, 0.717) is 5.92 Å². The van der Waals surface area contributed by atoms with Crippen LogP contribution in [0.4, 0.5) is 0 Å². The Morgan fingerprint density at radius 1 is 1.19 bits per heavy atom. The minimum atomic E-state index is 0.212. The van der Waals surface area contributed by atoms with Gasteiger partial charge in [0.15, 0.2) is 0 Å². The summed E-state index contributed by atoms with van der Waals surface area (Å²) in [5, 5.41) is 0. The molecule has 1 atom stereocenters. The molecule has 0 bridgehead atoms. The summed E-state index contributed by atoms with van der Waals surface area (Å²) in [6.45, 7) is 8.90. The normalized spacial score (nSPS) is 24.3. The van der Waals surface area contributed by atoms with Crippen LogP contribution in [0.5, 0.6) is 0 Å². The van der Waals surface area contributed by atoms with Crippen molar-refractivity contribution in [3.05, 3.63) is 23.3 Å². The molecule has 21 heavy (non-hydrogen) atoms. The second-order valence-electron chi connectivity index (χ2n) is 7.09. The summed E-state index contributed by atoms with van der Waals surface area (Å²) in [5.41, 5.74) is 8.28. The highest BCUT2D eigenvalue weighted by Gasteiger charge is 2.26. The molecule has 0 amide bonds. The summed E-state index contributed by atoms with van der Waals surface area (Å²) in [7, 11) is 0. The molecule has 1 aromatic heterocycles. The molecule has 2 rings (SSSR count). The average Bonchev–Trinajstić information content (AvgIpc) is 2.46. The largest absolute Gasteiger partial charge is 0.327 e. The van der Waals surface area contributed by atoms with Crippen LogP contribution in [-0.2, 0) is 6.42 Å². The Morgan fingerprint density at radius 3 is 2.43 bits per heavy atom. The zero-order chi connectivity index (χ0) is 15.4. The number of aryl methyl sites for hydroxylation is 1. The third kappa shape index (κ3) is 4.50. The molecule has 2 N–H and O–H groups in total. The van der Waals surface area contributed by atoms with Crippen molar-refractivity contribution in [2.24, 2.45) is 17.6 Å². The fourth-order valence-electron chi connectivity index (χ4n) is 3.40. The van der Waals surface area contributed by atoms with E-state index >= 15 is 0 Å². The molecular weight excluding hydrogens is 258 g/mol. The number of hydrogen-bond acceptors (Lipinski definition) is 3. The summed E-state index contributed by atoms with van der Waals surface area (Å²) >= 11 is 0. The third-order valence-corrected chi connectivity index (χ3v) is 5.00. The van der Waals surface area contributed by atoms with E-state index in [4.69, 9.17) is 15.7 Å². The predicted octanol–water partition coefficient (Wildman–Crippen LogP) is 3.99. The van der Waals surface area contributed by atoms with Crippen LogP contribution in [0.3, 0.4) is 0 Å². The molecule has 1 aliphatic rings. The van der Waals surface area contributed by atoms with Gasteiger partial charge in [0.1, 0.15) is 5.82 Å². The van der Waals surface area contributed by atoms with Gasteiger partial charge < -0.3 is 5.73 Å². The Morgan fingerprint density at radius 2 is 1.86 bits per heavy atom. The van der Waals surface area contributed by atoms with Crippen molar-refractivity contribution >= 4 is 0 Å². The molecule has 0 aromatic carbocycles. The highest BCUT2D eigenvalue weighted by Crippen LogP contribution is 2.37. The maximum absolute atomic E-state index is 6.07. The highest BCUT2D eigenvalue weighted by atomic mass is 14.9. The molecule has 1 aliphatic carbocycles. The van der Waals surface area contributed by atoms with Gasteiger partial charge in [0.25, 0.3) is 0 Å². The Labute approximate surface area is 129 Å². The molecule has 1 fully saturated rings.